The average Bonchev–Trinajstić information content (AvgIpc) is 2.71. The molecule has 146 valence electrons. The highest BCUT2D eigenvalue weighted by Crippen LogP contribution is 2.20. The van der Waals surface area contributed by atoms with Crippen LogP contribution in [0.4, 0.5) is 5.69 Å². The van der Waals surface area contributed by atoms with Crippen LogP contribution < -0.4 is 10.5 Å². The summed E-state index contributed by atoms with van der Waals surface area (Å²) in [7, 11) is 0. The monoisotopic (exact) mass is 397 g/mol. The van der Waals surface area contributed by atoms with Gasteiger partial charge in [0.25, 0.3) is 5.56 Å². The molecule has 7 heteroatoms. The van der Waals surface area contributed by atoms with E-state index in [9.17, 15) is 4.79 Å². The van der Waals surface area contributed by atoms with Gasteiger partial charge in [-0.3, -0.25) is 9.69 Å². The number of rotatable bonds is 5. The van der Waals surface area contributed by atoms with Gasteiger partial charge >= 0.3 is 0 Å². The number of nitrogens with zero attached hydrogens (tertiary/aromatic N) is 5. The fourth-order valence-electron chi connectivity index (χ4n) is 3.68. The molecule has 28 heavy (non-hydrogen) atoms. The Kier molecular flexibility index (Phi) is 5.59. The van der Waals surface area contributed by atoms with Crippen LogP contribution in [0.5, 0.6) is 0 Å². The normalized spacial score (nSPS) is 15.3. The summed E-state index contributed by atoms with van der Waals surface area (Å²) in [5, 5.41) is 9.69. The van der Waals surface area contributed by atoms with E-state index in [0.717, 1.165) is 49.7 Å². The van der Waals surface area contributed by atoms with E-state index in [1.54, 1.807) is 0 Å². The molecule has 0 radical (unpaired) electrons. The number of hydrogen-bond acceptors (Lipinski definition) is 5. The number of halogens is 1. The predicted octanol–water partition coefficient (Wildman–Crippen LogP) is 2.97. The Hall–Kier alpha value is -2.44. The number of piperazine rings is 1. The Labute approximate surface area is 169 Å². The quantitative estimate of drug-likeness (QED) is 0.662. The third-order valence-corrected chi connectivity index (χ3v) is 5.50. The van der Waals surface area contributed by atoms with Crippen LogP contribution in [0.2, 0.25) is 5.02 Å². The molecule has 0 saturated carbocycles. The van der Waals surface area contributed by atoms with Crippen molar-refractivity contribution in [1.82, 2.24) is 19.9 Å². The summed E-state index contributed by atoms with van der Waals surface area (Å²) in [6.07, 6.45) is 0.878. The Morgan fingerprint density at radius 3 is 2.64 bits per heavy atom. The predicted molar refractivity (Wildman–Crippen MR) is 113 cm³/mol. The summed E-state index contributed by atoms with van der Waals surface area (Å²) in [6, 6.07) is 13.7. The van der Waals surface area contributed by atoms with Crippen LogP contribution in [0.25, 0.3) is 10.9 Å². The van der Waals surface area contributed by atoms with Gasteiger partial charge in [0.05, 0.1) is 5.39 Å². The Bertz CT molecular complexity index is 1030. The second-order valence-corrected chi connectivity index (χ2v) is 7.74. The Morgan fingerprint density at radius 2 is 1.86 bits per heavy atom. The van der Waals surface area contributed by atoms with Crippen molar-refractivity contribution in [3.63, 3.8) is 0 Å². The second kappa shape index (κ2) is 8.29. The van der Waals surface area contributed by atoms with Crippen molar-refractivity contribution in [2.75, 3.05) is 37.6 Å². The molecule has 0 bridgehead atoms. The lowest BCUT2D eigenvalue weighted by Crippen LogP contribution is -2.46. The maximum atomic E-state index is 12.6. The van der Waals surface area contributed by atoms with Gasteiger partial charge in [0.2, 0.25) is 0 Å². The van der Waals surface area contributed by atoms with Crippen molar-refractivity contribution in [2.24, 2.45) is 0 Å². The lowest BCUT2D eigenvalue weighted by Gasteiger charge is -2.36. The lowest BCUT2D eigenvalue weighted by atomic mass is 10.2. The first kappa shape index (κ1) is 18.9. The van der Waals surface area contributed by atoms with Crippen LogP contribution in [-0.2, 0) is 6.54 Å². The summed E-state index contributed by atoms with van der Waals surface area (Å²) in [4.78, 5) is 17.4. The van der Waals surface area contributed by atoms with Gasteiger partial charge in [0, 0.05) is 50.0 Å². The molecule has 1 fully saturated rings. The molecular weight excluding hydrogens is 374 g/mol. The van der Waals surface area contributed by atoms with Crippen LogP contribution in [0, 0.1) is 6.92 Å². The van der Waals surface area contributed by atoms with Crippen molar-refractivity contribution in [3.05, 3.63) is 63.4 Å². The summed E-state index contributed by atoms with van der Waals surface area (Å²) in [5.41, 5.74) is 2.84. The van der Waals surface area contributed by atoms with Gasteiger partial charge in [0.1, 0.15) is 5.52 Å². The fourth-order valence-corrected chi connectivity index (χ4v) is 3.87. The van der Waals surface area contributed by atoms with Gasteiger partial charge in [-0.1, -0.05) is 34.5 Å². The van der Waals surface area contributed by atoms with Crippen LogP contribution in [-0.4, -0.2) is 52.6 Å². The van der Waals surface area contributed by atoms with E-state index in [4.69, 9.17) is 11.6 Å². The van der Waals surface area contributed by atoms with E-state index in [2.05, 4.69) is 26.2 Å². The zero-order valence-electron chi connectivity index (χ0n) is 16.0. The molecule has 3 aromatic rings. The first-order valence-electron chi connectivity index (χ1n) is 9.67. The third-order valence-electron chi connectivity index (χ3n) is 5.27. The number of benzene rings is 2. The second-order valence-electron chi connectivity index (χ2n) is 7.30. The number of fused-ring (bicyclic) bond motifs is 1. The maximum Gasteiger partial charge on any atom is 0.277 e. The van der Waals surface area contributed by atoms with Crippen molar-refractivity contribution in [1.29, 1.82) is 0 Å². The summed E-state index contributed by atoms with van der Waals surface area (Å²) in [5.74, 6) is 0. The molecule has 1 aliphatic rings. The summed E-state index contributed by atoms with van der Waals surface area (Å²) in [6.45, 7) is 7.49. The SMILES string of the molecule is Cc1ccc2nnn(CCCN3CCN(c4cccc(Cl)c4)CC3)c(=O)c2c1. The standard InChI is InChI=1S/C21H24ClN5O/c1-16-6-7-20-19(14-16)21(28)27(24-23-20)9-3-8-25-10-12-26(13-11-25)18-5-2-4-17(22)15-18/h2,4-7,14-15H,3,8-13H2,1H3. The van der Waals surface area contributed by atoms with Crippen LogP contribution >= 0.6 is 11.6 Å². The first-order valence-corrected chi connectivity index (χ1v) is 10.0. The highest BCUT2D eigenvalue weighted by atomic mass is 35.5. The van der Waals surface area contributed by atoms with E-state index in [1.165, 1.54) is 10.4 Å². The molecule has 0 amide bonds. The molecule has 1 saturated heterocycles. The van der Waals surface area contributed by atoms with Gasteiger partial charge in [-0.2, -0.15) is 0 Å². The number of aromatic nitrogens is 3. The third kappa shape index (κ3) is 4.18. The van der Waals surface area contributed by atoms with Gasteiger partial charge < -0.3 is 4.90 Å². The maximum absolute atomic E-state index is 12.6. The molecule has 1 aliphatic heterocycles. The number of anilines is 1. The minimum atomic E-state index is -0.0560. The van der Waals surface area contributed by atoms with Crippen molar-refractivity contribution in [3.8, 4) is 0 Å². The molecule has 6 nitrogen and oxygen atoms in total. The molecular formula is C21H24ClN5O. The topological polar surface area (TPSA) is 54.3 Å². The highest BCUT2D eigenvalue weighted by molar-refractivity contribution is 6.30. The molecule has 0 atom stereocenters. The first-order chi connectivity index (χ1) is 13.6. The highest BCUT2D eigenvalue weighted by Gasteiger charge is 2.17. The summed E-state index contributed by atoms with van der Waals surface area (Å²) < 4.78 is 1.49. The van der Waals surface area contributed by atoms with Crippen molar-refractivity contribution < 1.29 is 0 Å². The van der Waals surface area contributed by atoms with Crippen molar-refractivity contribution in [2.45, 2.75) is 19.9 Å². The molecule has 0 spiro atoms. The smallest absolute Gasteiger partial charge is 0.277 e. The largest absolute Gasteiger partial charge is 0.369 e. The van der Waals surface area contributed by atoms with E-state index in [-0.39, 0.29) is 5.56 Å². The molecule has 2 heterocycles. The van der Waals surface area contributed by atoms with Gasteiger partial charge in [0.15, 0.2) is 0 Å². The van der Waals surface area contributed by atoms with Crippen LogP contribution in [0.15, 0.2) is 47.3 Å². The number of hydrogen-bond donors (Lipinski definition) is 0. The van der Waals surface area contributed by atoms with Gasteiger partial charge in [-0.15, -0.1) is 5.10 Å². The fraction of sp³-hybridized carbons (Fsp3) is 0.381. The molecule has 0 aliphatic carbocycles. The Balaban J connectivity index is 1.31. The zero-order valence-corrected chi connectivity index (χ0v) is 16.8. The van der Waals surface area contributed by atoms with Gasteiger partial charge in [-0.05, 0) is 43.7 Å². The minimum absolute atomic E-state index is 0.0560. The van der Waals surface area contributed by atoms with Crippen molar-refractivity contribution >= 4 is 28.2 Å². The van der Waals surface area contributed by atoms with Gasteiger partial charge in [-0.25, -0.2) is 4.68 Å². The lowest BCUT2D eigenvalue weighted by molar-refractivity contribution is 0.248. The van der Waals surface area contributed by atoms with E-state index < -0.39 is 0 Å². The Morgan fingerprint density at radius 1 is 1.04 bits per heavy atom. The van der Waals surface area contributed by atoms with Crippen LogP contribution in [0.1, 0.15) is 12.0 Å². The number of aryl methyl sites for hydroxylation is 2. The molecule has 1 aromatic heterocycles. The van der Waals surface area contributed by atoms with E-state index in [0.29, 0.717) is 17.4 Å². The van der Waals surface area contributed by atoms with E-state index >= 15 is 0 Å². The van der Waals surface area contributed by atoms with Crippen LogP contribution in [0.3, 0.4) is 0 Å². The summed E-state index contributed by atoms with van der Waals surface area (Å²) >= 11 is 6.10. The molecule has 2 aromatic carbocycles. The van der Waals surface area contributed by atoms with E-state index in [1.807, 2.05) is 43.3 Å². The molecule has 4 rings (SSSR count). The molecule has 0 N–H and O–H groups in total. The minimum Gasteiger partial charge on any atom is -0.369 e. The average molecular weight is 398 g/mol. The molecule has 0 unspecified atom stereocenters. The zero-order chi connectivity index (χ0) is 19.5.